The summed E-state index contributed by atoms with van der Waals surface area (Å²) in [6, 6.07) is 0. The molecule has 1 fully saturated rings. The van der Waals surface area contributed by atoms with Crippen LogP contribution in [0.25, 0.3) is 0 Å². The third-order valence-electron chi connectivity index (χ3n) is 5.50. The molecule has 0 saturated carbocycles. The van der Waals surface area contributed by atoms with Gasteiger partial charge in [-0.1, -0.05) is 23.3 Å². The second-order valence-electron chi connectivity index (χ2n) is 9.37. The average Bonchev–Trinajstić information content (AvgIpc) is 2.88. The minimum Gasteiger partial charge on any atom is -0.467 e. The second kappa shape index (κ2) is 11.7. The Morgan fingerprint density at radius 2 is 1.77 bits per heavy atom. The van der Waals surface area contributed by atoms with Crippen molar-refractivity contribution in [1.29, 1.82) is 0 Å². The van der Waals surface area contributed by atoms with Gasteiger partial charge in [-0.3, -0.25) is 0 Å². The maximum atomic E-state index is 12.1. The van der Waals surface area contributed by atoms with Crippen LogP contribution in [0.5, 0.6) is 0 Å². The number of thioether (sulfide) groups is 1. The summed E-state index contributed by atoms with van der Waals surface area (Å²) in [5, 5.41) is 0. The molecule has 0 bridgehead atoms. The van der Waals surface area contributed by atoms with Crippen molar-refractivity contribution in [2.24, 2.45) is 0 Å². The van der Waals surface area contributed by atoms with Gasteiger partial charge in [-0.2, -0.15) is 0 Å². The molecule has 2 atom stereocenters. The van der Waals surface area contributed by atoms with Crippen LogP contribution in [0.2, 0.25) is 0 Å². The second-order valence-corrected chi connectivity index (χ2v) is 10.2. The molecule has 1 saturated heterocycles. The van der Waals surface area contributed by atoms with Crippen LogP contribution in [-0.2, 0) is 23.7 Å². The molecule has 174 valence electrons. The lowest BCUT2D eigenvalue weighted by Gasteiger charge is -2.25. The Balaban J connectivity index is 2.50. The van der Waals surface area contributed by atoms with Crippen molar-refractivity contribution in [3.8, 4) is 0 Å². The molecule has 0 aromatic heterocycles. The van der Waals surface area contributed by atoms with E-state index in [0.717, 1.165) is 25.7 Å². The fourth-order valence-corrected chi connectivity index (χ4v) is 4.08. The van der Waals surface area contributed by atoms with Gasteiger partial charge in [-0.05, 0) is 80.4 Å². The van der Waals surface area contributed by atoms with Crippen molar-refractivity contribution in [1.82, 2.24) is 0 Å². The van der Waals surface area contributed by atoms with E-state index in [-0.39, 0.29) is 17.7 Å². The summed E-state index contributed by atoms with van der Waals surface area (Å²) in [5.41, 5.74) is 1.43. The van der Waals surface area contributed by atoms with Crippen molar-refractivity contribution in [2.75, 3.05) is 19.3 Å². The maximum absolute atomic E-state index is 12.1. The smallest absolute Gasteiger partial charge is 0.338 e. The molecule has 0 amide bonds. The summed E-state index contributed by atoms with van der Waals surface area (Å²) < 4.78 is 22.7. The predicted molar refractivity (Wildman–Crippen MR) is 125 cm³/mol. The fourth-order valence-electron chi connectivity index (χ4n) is 3.70. The molecule has 0 N–H and O–H groups in total. The Bertz CT molecular complexity index is 623. The number of hydrogen-bond acceptors (Lipinski definition) is 6. The zero-order chi connectivity index (χ0) is 23.0. The Morgan fingerprint density at radius 1 is 1.13 bits per heavy atom. The van der Waals surface area contributed by atoms with Gasteiger partial charge in [-0.15, -0.1) is 11.8 Å². The molecule has 1 aliphatic heterocycles. The lowest BCUT2D eigenvalue weighted by molar-refractivity contribution is -0.164. The highest BCUT2D eigenvalue weighted by Crippen LogP contribution is 2.38. The molecule has 0 aliphatic carbocycles. The van der Waals surface area contributed by atoms with Crippen molar-refractivity contribution < 1.29 is 23.7 Å². The normalized spacial score (nSPS) is 23.3. The molecule has 1 rings (SSSR count). The minimum absolute atomic E-state index is 0.106. The van der Waals surface area contributed by atoms with Gasteiger partial charge in [0.05, 0.1) is 24.8 Å². The first kappa shape index (κ1) is 27.2. The summed E-state index contributed by atoms with van der Waals surface area (Å²) >= 11 is 1.55. The van der Waals surface area contributed by atoms with E-state index in [2.05, 4.69) is 39.8 Å². The first-order chi connectivity index (χ1) is 13.8. The lowest BCUT2D eigenvalue weighted by Crippen LogP contribution is -2.39. The summed E-state index contributed by atoms with van der Waals surface area (Å²) in [4.78, 5) is 12.1. The van der Waals surface area contributed by atoms with Crippen LogP contribution >= 0.6 is 11.8 Å². The van der Waals surface area contributed by atoms with Gasteiger partial charge in [0.1, 0.15) is 0 Å². The van der Waals surface area contributed by atoms with Crippen LogP contribution in [0.3, 0.4) is 0 Å². The van der Waals surface area contributed by atoms with Gasteiger partial charge in [0.25, 0.3) is 0 Å². The monoisotopic (exact) mass is 442 g/mol. The van der Waals surface area contributed by atoms with Crippen LogP contribution in [0.15, 0.2) is 23.3 Å². The van der Waals surface area contributed by atoms with Gasteiger partial charge in [0, 0.05) is 6.42 Å². The highest BCUT2D eigenvalue weighted by Gasteiger charge is 2.46. The molecule has 6 heteroatoms. The third-order valence-corrected chi connectivity index (χ3v) is 5.85. The van der Waals surface area contributed by atoms with Gasteiger partial charge < -0.3 is 18.9 Å². The van der Waals surface area contributed by atoms with E-state index >= 15 is 0 Å². The number of carbonyl (C=O) groups is 1. The van der Waals surface area contributed by atoms with Gasteiger partial charge in [-0.25, -0.2) is 4.79 Å². The first-order valence-corrected chi connectivity index (χ1v) is 12.1. The molecule has 5 nitrogen and oxygen atoms in total. The van der Waals surface area contributed by atoms with Crippen molar-refractivity contribution in [3.63, 3.8) is 0 Å². The minimum atomic E-state index is -0.936. The van der Waals surface area contributed by atoms with Crippen molar-refractivity contribution in [2.45, 2.75) is 104 Å². The number of ether oxygens (including phenoxy) is 4. The molecule has 0 aromatic carbocycles. The van der Waals surface area contributed by atoms with E-state index < -0.39 is 11.4 Å². The zero-order valence-corrected chi connectivity index (χ0v) is 21.2. The Labute approximate surface area is 187 Å². The van der Waals surface area contributed by atoms with Gasteiger partial charge >= 0.3 is 5.97 Å². The summed E-state index contributed by atoms with van der Waals surface area (Å²) in [6.45, 7) is 14.2. The van der Waals surface area contributed by atoms with E-state index in [9.17, 15) is 4.79 Å². The Hall–Kier alpha value is -0.820. The van der Waals surface area contributed by atoms with Crippen LogP contribution in [-0.4, -0.2) is 48.4 Å². The summed E-state index contributed by atoms with van der Waals surface area (Å²) in [5.74, 6) is -0.378. The highest BCUT2D eigenvalue weighted by molar-refractivity contribution is 7.98. The summed E-state index contributed by atoms with van der Waals surface area (Å²) in [7, 11) is 1.40. The van der Waals surface area contributed by atoms with E-state index in [0.29, 0.717) is 12.4 Å². The third kappa shape index (κ3) is 8.74. The number of allylic oxidation sites excluding steroid dienone is 3. The molecule has 0 radical (unpaired) electrons. The Kier molecular flexibility index (Phi) is 10.6. The molecule has 0 spiro atoms. The maximum Gasteiger partial charge on any atom is 0.338 e. The molecule has 1 unspecified atom stereocenters. The number of rotatable bonds is 12. The van der Waals surface area contributed by atoms with Gasteiger partial charge in [0.15, 0.2) is 11.4 Å². The quantitative estimate of drug-likeness (QED) is 0.209. The van der Waals surface area contributed by atoms with Gasteiger partial charge in [0.2, 0.25) is 0 Å². The number of hydrogen-bond donors (Lipinski definition) is 0. The molecule has 1 heterocycles. The molecule has 30 heavy (non-hydrogen) atoms. The molecule has 1 aliphatic rings. The average molecular weight is 443 g/mol. The van der Waals surface area contributed by atoms with Crippen LogP contribution in [0, 0.1) is 0 Å². The SMILES string of the molecule is COC(=O)[C@@](C)(C/C=C(\C)CC/C=C(\C)CCC1OC(C)(C)OC1(C)C)OCSC. The predicted octanol–water partition coefficient (Wildman–Crippen LogP) is 6.03. The molecular weight excluding hydrogens is 400 g/mol. The van der Waals surface area contributed by atoms with Crippen LogP contribution < -0.4 is 0 Å². The number of carbonyl (C=O) groups excluding carboxylic acids is 1. The number of esters is 1. The first-order valence-electron chi connectivity index (χ1n) is 10.8. The van der Waals surface area contributed by atoms with Crippen molar-refractivity contribution in [3.05, 3.63) is 23.3 Å². The van der Waals surface area contributed by atoms with Crippen LogP contribution in [0.1, 0.15) is 80.6 Å². The van der Waals surface area contributed by atoms with E-state index in [1.165, 1.54) is 18.3 Å². The molecule has 0 aromatic rings. The zero-order valence-electron chi connectivity index (χ0n) is 20.4. The topological polar surface area (TPSA) is 54.0 Å². The lowest BCUT2D eigenvalue weighted by atomic mass is 9.95. The highest BCUT2D eigenvalue weighted by atomic mass is 32.2. The molecular formula is C24H42O5S. The fraction of sp³-hybridized carbons (Fsp3) is 0.792. The van der Waals surface area contributed by atoms with E-state index in [4.69, 9.17) is 18.9 Å². The van der Waals surface area contributed by atoms with E-state index in [1.54, 1.807) is 18.7 Å². The standard InChI is InChI=1S/C24H42O5S/c1-18(13-14-20-22(3,4)29-23(5,6)28-20)11-10-12-19(2)15-16-24(7,21(25)26-8)27-17-30-9/h11,15,20H,10,12-14,16-17H2,1-9H3/b18-11+,19-15+/t20?,24-/m1/s1. The largest absolute Gasteiger partial charge is 0.467 e. The van der Waals surface area contributed by atoms with Crippen molar-refractivity contribution >= 4 is 17.7 Å². The number of methoxy groups -OCH3 is 1. The summed E-state index contributed by atoms with van der Waals surface area (Å²) in [6.07, 6.45) is 10.8. The van der Waals surface area contributed by atoms with E-state index in [1.807, 2.05) is 20.1 Å². The van der Waals surface area contributed by atoms with Crippen LogP contribution in [0.4, 0.5) is 0 Å². The Morgan fingerprint density at radius 3 is 2.30 bits per heavy atom.